The van der Waals surface area contributed by atoms with Crippen LogP contribution in [0.5, 0.6) is 11.5 Å². The number of ether oxygens (including phenoxy) is 8. The van der Waals surface area contributed by atoms with E-state index in [0.717, 1.165) is 6.54 Å². The Bertz CT molecular complexity index is 1400. The zero-order valence-electron chi connectivity index (χ0n) is 29.5. The molecule has 1 saturated heterocycles. The van der Waals surface area contributed by atoms with E-state index in [1.165, 1.54) is 14.2 Å². The lowest BCUT2D eigenvalue weighted by Crippen LogP contribution is -2.79. The Balaban J connectivity index is 1.44. The molecule has 7 bridgehead atoms. The van der Waals surface area contributed by atoms with E-state index in [9.17, 15) is 15.0 Å². The minimum absolute atomic E-state index is 0.0344. The van der Waals surface area contributed by atoms with Gasteiger partial charge in [-0.3, -0.25) is 4.90 Å². The van der Waals surface area contributed by atoms with Crippen molar-refractivity contribution in [2.75, 3.05) is 69.0 Å². The van der Waals surface area contributed by atoms with E-state index in [2.05, 4.69) is 11.8 Å². The first kappa shape index (κ1) is 34.4. The zero-order chi connectivity index (χ0) is 34.4. The first-order chi connectivity index (χ1) is 23.1. The van der Waals surface area contributed by atoms with Crippen molar-refractivity contribution >= 4 is 5.97 Å². The van der Waals surface area contributed by atoms with Crippen LogP contribution in [0.25, 0.3) is 0 Å². The molecular weight excluding hydrogens is 622 g/mol. The topological polar surface area (TPSA) is 135 Å². The molecule has 1 heterocycles. The first-order valence-electron chi connectivity index (χ1n) is 17.4. The van der Waals surface area contributed by atoms with Crippen LogP contribution in [0.1, 0.15) is 43.5 Å². The SMILES string of the molecule is CCO[C@]12C[C@H](OC)[C@]3(O)C[C@H]([C@@H]1[C@H]3OC(=O)c1ccc(OC)c(OC)c1)[C@@]13C(OC)C[C@@H](O)[C@@]4(COC)CN(CC)[C@@H]1[C@@H]2[C@H](OC)[C@H]43. The standard InChI is InChI=1S/C36H53NO11/c1-9-37-17-33(18-41-3)23(38)14-24(44-6)36-20-15-34(40)25(45-7)16-35(47-10-2,27(30(36)37)28(46-8)29(33)36)26(20)31(34)48-32(39)19-11-12-21(42-4)22(13-19)43-5/h11-13,20,23-31,38,40H,9-10,14-18H2,1-8H3/t20-,23-,24?,25+,26-,27+,28+,29-,30-,31-,33+,34-,35-,36+/m1/s1. The number of methoxy groups -OCH3 is 6. The van der Waals surface area contributed by atoms with Gasteiger partial charge in [-0.2, -0.15) is 0 Å². The number of fused-ring (bicyclic) bond motifs is 2. The van der Waals surface area contributed by atoms with Crippen LogP contribution in [0.2, 0.25) is 0 Å². The van der Waals surface area contributed by atoms with E-state index < -0.39 is 52.2 Å². The number of esters is 1. The summed E-state index contributed by atoms with van der Waals surface area (Å²) in [7, 11) is 9.84. The molecule has 1 aromatic carbocycles. The fourth-order valence-electron chi connectivity index (χ4n) is 12.7. The molecule has 1 aromatic rings. The molecule has 1 aliphatic heterocycles. The van der Waals surface area contributed by atoms with E-state index in [1.807, 2.05) is 6.92 Å². The van der Waals surface area contributed by atoms with Crippen LogP contribution in [0.15, 0.2) is 18.2 Å². The second-order valence-electron chi connectivity index (χ2n) is 14.9. The molecule has 5 aliphatic carbocycles. The number of rotatable bonds is 12. The van der Waals surface area contributed by atoms with Crippen molar-refractivity contribution in [3.63, 3.8) is 0 Å². The fourth-order valence-corrected chi connectivity index (χ4v) is 12.7. The summed E-state index contributed by atoms with van der Waals surface area (Å²) in [5.74, 6) is -0.656. The molecule has 0 aromatic heterocycles. The third-order valence-corrected chi connectivity index (χ3v) is 13.8. The molecule has 0 radical (unpaired) electrons. The van der Waals surface area contributed by atoms with Gasteiger partial charge in [-0.25, -0.2) is 4.79 Å². The van der Waals surface area contributed by atoms with Crippen LogP contribution in [0.3, 0.4) is 0 Å². The van der Waals surface area contributed by atoms with Gasteiger partial charge in [0.1, 0.15) is 11.7 Å². The van der Waals surface area contributed by atoms with Gasteiger partial charge < -0.3 is 48.1 Å². The van der Waals surface area contributed by atoms with Crippen LogP contribution >= 0.6 is 0 Å². The Morgan fingerprint density at radius 2 is 1.69 bits per heavy atom. The van der Waals surface area contributed by atoms with Crippen LogP contribution in [-0.4, -0.2) is 138 Å². The number of aliphatic hydroxyl groups excluding tert-OH is 1. The molecule has 268 valence electrons. The quantitative estimate of drug-likeness (QED) is 0.315. The van der Waals surface area contributed by atoms with Gasteiger partial charge >= 0.3 is 5.97 Å². The summed E-state index contributed by atoms with van der Waals surface area (Å²) in [6, 6.07) is 4.87. The van der Waals surface area contributed by atoms with Crippen molar-refractivity contribution < 1.29 is 52.9 Å². The third-order valence-electron chi connectivity index (χ3n) is 13.8. The minimum atomic E-state index is -1.50. The van der Waals surface area contributed by atoms with E-state index in [4.69, 9.17) is 37.9 Å². The Kier molecular flexibility index (Phi) is 8.64. The highest BCUT2D eigenvalue weighted by atomic mass is 16.6. The summed E-state index contributed by atoms with van der Waals surface area (Å²) in [6.45, 7) is 6.32. The molecule has 48 heavy (non-hydrogen) atoms. The Morgan fingerprint density at radius 3 is 2.29 bits per heavy atom. The van der Waals surface area contributed by atoms with E-state index >= 15 is 0 Å². The van der Waals surface area contributed by atoms with Gasteiger partial charge in [-0.05, 0) is 44.0 Å². The van der Waals surface area contributed by atoms with Crippen molar-refractivity contribution in [1.29, 1.82) is 0 Å². The van der Waals surface area contributed by atoms with Crippen LogP contribution in [-0.2, 0) is 28.4 Å². The predicted octanol–water partition coefficient (Wildman–Crippen LogP) is 2.17. The number of carbonyl (C=O) groups excluding carboxylic acids is 1. The van der Waals surface area contributed by atoms with Crippen molar-refractivity contribution in [2.45, 2.75) is 80.9 Å². The molecule has 1 spiro atoms. The molecule has 6 aliphatic rings. The van der Waals surface area contributed by atoms with E-state index in [1.54, 1.807) is 46.6 Å². The first-order valence-corrected chi connectivity index (χ1v) is 17.4. The Morgan fingerprint density at radius 1 is 0.958 bits per heavy atom. The number of aliphatic hydroxyl groups is 2. The van der Waals surface area contributed by atoms with E-state index in [0.29, 0.717) is 50.5 Å². The summed E-state index contributed by atoms with van der Waals surface area (Å²) >= 11 is 0. The fraction of sp³-hybridized carbons (Fsp3) is 0.806. The molecule has 5 saturated carbocycles. The van der Waals surface area contributed by atoms with Gasteiger partial charge in [0, 0.05) is 89.1 Å². The smallest absolute Gasteiger partial charge is 0.338 e. The van der Waals surface area contributed by atoms with Gasteiger partial charge in [0.2, 0.25) is 0 Å². The van der Waals surface area contributed by atoms with Gasteiger partial charge in [0.15, 0.2) is 11.5 Å². The average molecular weight is 676 g/mol. The van der Waals surface area contributed by atoms with Gasteiger partial charge in [0.05, 0.1) is 56.4 Å². The second kappa shape index (κ2) is 12.0. The lowest BCUT2D eigenvalue weighted by molar-refractivity contribution is -0.304. The second-order valence-corrected chi connectivity index (χ2v) is 14.9. The summed E-state index contributed by atoms with van der Waals surface area (Å²) in [4.78, 5) is 16.6. The molecular formula is C36H53NO11. The molecule has 12 nitrogen and oxygen atoms in total. The largest absolute Gasteiger partial charge is 0.493 e. The lowest BCUT2D eigenvalue weighted by Gasteiger charge is -2.70. The molecule has 0 amide bonds. The van der Waals surface area contributed by atoms with Crippen LogP contribution in [0.4, 0.5) is 0 Å². The van der Waals surface area contributed by atoms with Crippen LogP contribution in [0, 0.1) is 34.5 Å². The number of nitrogens with zero attached hydrogens (tertiary/aromatic N) is 1. The van der Waals surface area contributed by atoms with Gasteiger partial charge in [-0.1, -0.05) is 6.92 Å². The Labute approximate surface area is 283 Å². The number of carbonyl (C=O) groups is 1. The van der Waals surface area contributed by atoms with E-state index in [-0.39, 0.29) is 41.6 Å². The zero-order valence-corrected chi connectivity index (χ0v) is 29.5. The number of piperidine rings is 1. The molecule has 12 heteroatoms. The minimum Gasteiger partial charge on any atom is -0.493 e. The Hall–Kier alpha value is -2.03. The maximum absolute atomic E-state index is 14.1. The third kappa shape index (κ3) is 4.03. The molecule has 7 rings (SSSR count). The van der Waals surface area contributed by atoms with Crippen molar-refractivity contribution in [3.05, 3.63) is 23.8 Å². The number of hydrogen-bond donors (Lipinski definition) is 2. The van der Waals surface area contributed by atoms with Gasteiger partial charge in [-0.15, -0.1) is 0 Å². The maximum Gasteiger partial charge on any atom is 0.338 e. The summed E-state index contributed by atoms with van der Waals surface area (Å²) in [5.41, 5.74) is -3.31. The van der Waals surface area contributed by atoms with Gasteiger partial charge in [0.25, 0.3) is 0 Å². The highest BCUT2D eigenvalue weighted by Crippen LogP contribution is 2.80. The normalized spacial score (nSPS) is 46.8. The number of hydrogen-bond acceptors (Lipinski definition) is 12. The number of likely N-dealkylation sites (tertiary alicyclic amines) is 1. The van der Waals surface area contributed by atoms with Crippen molar-refractivity contribution in [2.24, 2.45) is 34.5 Å². The van der Waals surface area contributed by atoms with Crippen molar-refractivity contribution in [1.82, 2.24) is 4.90 Å². The summed E-state index contributed by atoms with van der Waals surface area (Å²) in [6.07, 6.45) is -1.81. The van der Waals surface area contributed by atoms with Crippen molar-refractivity contribution in [3.8, 4) is 11.5 Å². The highest BCUT2D eigenvalue weighted by Gasteiger charge is 2.90. The molecule has 14 atom stereocenters. The highest BCUT2D eigenvalue weighted by molar-refractivity contribution is 5.90. The summed E-state index contributed by atoms with van der Waals surface area (Å²) < 4.78 is 49.7. The average Bonchev–Trinajstić information content (AvgIpc) is 3.46. The maximum atomic E-state index is 14.1. The monoisotopic (exact) mass is 675 g/mol. The lowest BCUT2D eigenvalue weighted by atomic mass is 9.42. The predicted molar refractivity (Wildman–Crippen MR) is 172 cm³/mol. The number of benzene rings is 1. The summed E-state index contributed by atoms with van der Waals surface area (Å²) in [5, 5.41) is 25.0. The molecule has 2 N–H and O–H groups in total. The molecule has 1 unspecified atom stereocenters. The molecule has 6 fully saturated rings. The van der Waals surface area contributed by atoms with Crippen LogP contribution < -0.4 is 9.47 Å².